The van der Waals surface area contributed by atoms with Gasteiger partial charge in [0.05, 0.1) is 0 Å². The van der Waals surface area contributed by atoms with Crippen LogP contribution in [0.25, 0.3) is 6.08 Å². The van der Waals surface area contributed by atoms with Crippen LogP contribution in [-0.4, -0.2) is 12.5 Å². The second-order valence-corrected chi connectivity index (χ2v) is 6.51. The molecule has 0 heterocycles. The van der Waals surface area contributed by atoms with Crippen LogP contribution in [0.3, 0.4) is 0 Å². The Bertz CT molecular complexity index is 564. The lowest BCUT2D eigenvalue weighted by atomic mass is 10.0. The van der Waals surface area contributed by atoms with Crippen molar-refractivity contribution in [1.29, 1.82) is 5.26 Å². The van der Waals surface area contributed by atoms with Gasteiger partial charge in [0.2, 0.25) is 0 Å². The quantitative estimate of drug-likeness (QED) is 0.365. The molecular weight excluding hydrogens is 296 g/mol. The smallest absolute Gasteiger partial charge is 0.261 e. The van der Waals surface area contributed by atoms with Crippen molar-refractivity contribution in [1.82, 2.24) is 5.32 Å². The maximum atomic E-state index is 12.1. The molecule has 1 rings (SSSR count). The topological polar surface area (TPSA) is 52.9 Å². The van der Waals surface area contributed by atoms with Crippen molar-refractivity contribution in [3.8, 4) is 6.07 Å². The highest BCUT2D eigenvalue weighted by Gasteiger charge is 2.08. The lowest BCUT2D eigenvalue weighted by molar-refractivity contribution is -0.117. The number of nitrogens with zero attached hydrogens (tertiary/aromatic N) is 1. The average molecular weight is 326 g/mol. The zero-order valence-electron chi connectivity index (χ0n) is 15.3. The first-order chi connectivity index (χ1) is 11.6. The van der Waals surface area contributed by atoms with E-state index in [2.05, 4.69) is 26.1 Å². The Morgan fingerprint density at radius 1 is 1.12 bits per heavy atom. The summed E-state index contributed by atoms with van der Waals surface area (Å²) in [5, 5.41) is 12.1. The van der Waals surface area contributed by atoms with Gasteiger partial charge in [0.1, 0.15) is 11.6 Å². The molecule has 0 saturated carbocycles. The van der Waals surface area contributed by atoms with Crippen LogP contribution in [0.2, 0.25) is 0 Å². The van der Waals surface area contributed by atoms with Gasteiger partial charge >= 0.3 is 0 Å². The van der Waals surface area contributed by atoms with Crippen molar-refractivity contribution in [3.63, 3.8) is 0 Å². The Morgan fingerprint density at radius 3 is 2.33 bits per heavy atom. The molecule has 130 valence electrons. The van der Waals surface area contributed by atoms with Crippen molar-refractivity contribution in [2.75, 3.05) is 6.54 Å². The van der Waals surface area contributed by atoms with E-state index in [0.29, 0.717) is 12.5 Å². The molecule has 1 aromatic rings. The molecular formula is C21H30N2O. The number of rotatable bonds is 10. The maximum Gasteiger partial charge on any atom is 0.261 e. The predicted octanol–water partition coefficient (Wildman–Crippen LogP) is 5.19. The van der Waals surface area contributed by atoms with Crippen LogP contribution in [0.1, 0.15) is 76.3 Å². The molecule has 0 aliphatic carbocycles. The van der Waals surface area contributed by atoms with Crippen molar-refractivity contribution in [3.05, 3.63) is 41.0 Å². The van der Waals surface area contributed by atoms with E-state index in [1.807, 2.05) is 30.3 Å². The van der Waals surface area contributed by atoms with Gasteiger partial charge in [0, 0.05) is 6.54 Å². The van der Waals surface area contributed by atoms with Gasteiger partial charge in [-0.3, -0.25) is 4.79 Å². The van der Waals surface area contributed by atoms with E-state index in [9.17, 15) is 10.1 Å². The van der Waals surface area contributed by atoms with Crippen molar-refractivity contribution >= 4 is 12.0 Å². The van der Waals surface area contributed by atoms with E-state index < -0.39 is 0 Å². The average Bonchev–Trinajstić information content (AvgIpc) is 2.59. The third-order valence-electron chi connectivity index (χ3n) is 4.10. The van der Waals surface area contributed by atoms with Crippen molar-refractivity contribution < 1.29 is 4.79 Å². The summed E-state index contributed by atoms with van der Waals surface area (Å²) in [6.07, 6.45) is 8.75. The molecule has 3 nitrogen and oxygen atoms in total. The third kappa shape index (κ3) is 7.46. The first-order valence-corrected chi connectivity index (χ1v) is 9.08. The fourth-order valence-electron chi connectivity index (χ4n) is 2.49. The highest BCUT2D eigenvalue weighted by molar-refractivity contribution is 6.01. The van der Waals surface area contributed by atoms with Gasteiger partial charge in [-0.25, -0.2) is 0 Å². The largest absolute Gasteiger partial charge is 0.351 e. The molecule has 24 heavy (non-hydrogen) atoms. The van der Waals surface area contributed by atoms with Crippen LogP contribution in [0.15, 0.2) is 29.8 Å². The molecule has 0 aromatic heterocycles. The Kier molecular flexibility index (Phi) is 9.53. The summed E-state index contributed by atoms with van der Waals surface area (Å²) < 4.78 is 0. The second kappa shape index (κ2) is 11.5. The molecule has 0 fully saturated rings. The number of hydrogen-bond donors (Lipinski definition) is 1. The number of carbonyl (C=O) groups is 1. The lowest BCUT2D eigenvalue weighted by Gasteiger charge is -2.06. The fourth-order valence-corrected chi connectivity index (χ4v) is 2.49. The van der Waals surface area contributed by atoms with E-state index >= 15 is 0 Å². The first kappa shape index (κ1) is 20.0. The van der Waals surface area contributed by atoms with Crippen molar-refractivity contribution in [2.45, 2.75) is 65.2 Å². The summed E-state index contributed by atoms with van der Waals surface area (Å²) in [4.78, 5) is 12.1. The number of unbranched alkanes of at least 4 members (excludes halogenated alkanes) is 5. The summed E-state index contributed by atoms with van der Waals surface area (Å²) in [6.45, 7) is 7.12. The predicted molar refractivity (Wildman–Crippen MR) is 101 cm³/mol. The van der Waals surface area contributed by atoms with Crippen LogP contribution in [0, 0.1) is 11.3 Å². The number of carbonyl (C=O) groups excluding carboxylic acids is 1. The van der Waals surface area contributed by atoms with Gasteiger partial charge in [-0.05, 0) is 29.5 Å². The summed E-state index contributed by atoms with van der Waals surface area (Å²) in [6, 6.07) is 9.99. The van der Waals surface area contributed by atoms with E-state index in [-0.39, 0.29) is 11.5 Å². The molecule has 0 aliphatic heterocycles. The lowest BCUT2D eigenvalue weighted by Crippen LogP contribution is -2.25. The molecule has 1 N–H and O–H groups in total. The minimum Gasteiger partial charge on any atom is -0.351 e. The summed E-state index contributed by atoms with van der Waals surface area (Å²) in [5.41, 5.74) is 2.29. The van der Waals surface area contributed by atoms with Crippen LogP contribution in [0.4, 0.5) is 0 Å². The van der Waals surface area contributed by atoms with Crippen LogP contribution in [-0.2, 0) is 4.79 Å². The zero-order valence-corrected chi connectivity index (χ0v) is 15.3. The molecule has 0 unspecified atom stereocenters. The van der Waals surface area contributed by atoms with Gasteiger partial charge < -0.3 is 5.32 Å². The van der Waals surface area contributed by atoms with Gasteiger partial charge in [0.15, 0.2) is 0 Å². The Morgan fingerprint density at radius 2 is 1.75 bits per heavy atom. The minimum atomic E-state index is -0.279. The maximum absolute atomic E-state index is 12.1. The monoisotopic (exact) mass is 326 g/mol. The van der Waals surface area contributed by atoms with Gasteiger partial charge in [-0.1, -0.05) is 77.1 Å². The zero-order chi connectivity index (χ0) is 17.8. The molecule has 0 spiro atoms. The van der Waals surface area contributed by atoms with Gasteiger partial charge in [-0.15, -0.1) is 0 Å². The summed E-state index contributed by atoms with van der Waals surface area (Å²) in [7, 11) is 0. The standard InChI is InChI=1S/C21H30N2O/c1-4-5-6-7-8-9-14-23-21(24)20(16-22)15-18-10-12-19(13-11-18)17(2)3/h10-13,15,17H,4-9,14H2,1-3H3,(H,23,24)/b20-15+. The highest BCUT2D eigenvalue weighted by atomic mass is 16.1. The summed E-state index contributed by atoms with van der Waals surface area (Å²) >= 11 is 0. The molecule has 0 bridgehead atoms. The van der Waals surface area contributed by atoms with Crippen LogP contribution in [0.5, 0.6) is 0 Å². The van der Waals surface area contributed by atoms with Crippen molar-refractivity contribution in [2.24, 2.45) is 0 Å². The van der Waals surface area contributed by atoms with E-state index in [4.69, 9.17) is 0 Å². The Balaban J connectivity index is 2.47. The Hall–Kier alpha value is -2.08. The normalized spacial score (nSPS) is 11.4. The minimum absolute atomic E-state index is 0.165. The molecule has 0 atom stereocenters. The second-order valence-electron chi connectivity index (χ2n) is 6.51. The van der Waals surface area contributed by atoms with Gasteiger partial charge in [-0.2, -0.15) is 5.26 Å². The van der Waals surface area contributed by atoms with E-state index in [1.54, 1.807) is 6.08 Å². The van der Waals surface area contributed by atoms with E-state index in [0.717, 1.165) is 18.4 Å². The van der Waals surface area contributed by atoms with E-state index in [1.165, 1.54) is 31.2 Å². The SMILES string of the molecule is CCCCCCCCNC(=O)/C(C#N)=C/c1ccc(C(C)C)cc1. The van der Waals surface area contributed by atoms with Gasteiger partial charge in [0.25, 0.3) is 5.91 Å². The fraction of sp³-hybridized carbons (Fsp3) is 0.524. The van der Waals surface area contributed by atoms with Crippen LogP contribution < -0.4 is 5.32 Å². The molecule has 1 aromatic carbocycles. The van der Waals surface area contributed by atoms with Crippen LogP contribution >= 0.6 is 0 Å². The molecule has 1 amide bonds. The molecule has 0 aliphatic rings. The first-order valence-electron chi connectivity index (χ1n) is 9.08. The molecule has 3 heteroatoms. The molecule has 0 saturated heterocycles. The summed E-state index contributed by atoms with van der Waals surface area (Å²) in [5.74, 6) is 0.193. The number of nitrogens with one attached hydrogen (secondary N) is 1. The Labute approximate surface area is 146 Å². The molecule has 0 radical (unpaired) electrons. The third-order valence-corrected chi connectivity index (χ3v) is 4.10. The number of amides is 1. The number of nitriles is 1. The number of benzene rings is 1. The number of hydrogen-bond acceptors (Lipinski definition) is 2. The highest BCUT2D eigenvalue weighted by Crippen LogP contribution is 2.16.